The van der Waals surface area contributed by atoms with Crippen LogP contribution < -0.4 is 0 Å². The number of hydrogen-bond donors (Lipinski definition) is 0. The molecule has 3 rings (SSSR count). The summed E-state index contributed by atoms with van der Waals surface area (Å²) >= 11 is 0. The highest BCUT2D eigenvalue weighted by Crippen LogP contribution is 2.45. The number of carbonyl (C=O) groups excluding carboxylic acids is 1. The molecule has 3 nitrogen and oxygen atoms in total. The molecule has 0 aromatic heterocycles. The third-order valence-electron chi connectivity index (χ3n) is 4.52. The van der Waals surface area contributed by atoms with Crippen LogP contribution in [0.15, 0.2) is 30.3 Å². The van der Waals surface area contributed by atoms with Gasteiger partial charge in [0, 0.05) is 0 Å². The Hall–Kier alpha value is -1.35. The number of rotatable bonds is 6. The van der Waals surface area contributed by atoms with E-state index in [1.54, 1.807) is 0 Å². The molecule has 1 aromatic carbocycles. The summed E-state index contributed by atoms with van der Waals surface area (Å²) in [6.45, 7) is 0.997. The van der Waals surface area contributed by atoms with Crippen molar-refractivity contribution in [1.29, 1.82) is 0 Å². The molecule has 0 spiro atoms. The molecular formula is C17H22O3. The summed E-state index contributed by atoms with van der Waals surface area (Å²) in [4.78, 5) is 11.8. The van der Waals surface area contributed by atoms with Gasteiger partial charge < -0.3 is 9.47 Å². The number of fused-ring (bicyclic) bond motifs is 2. The van der Waals surface area contributed by atoms with Crippen molar-refractivity contribution in [2.24, 2.45) is 11.8 Å². The van der Waals surface area contributed by atoms with E-state index in [4.69, 9.17) is 9.47 Å². The van der Waals surface area contributed by atoms with E-state index in [0.29, 0.717) is 25.6 Å². The molecule has 2 aliphatic rings. The summed E-state index contributed by atoms with van der Waals surface area (Å²) in [5.41, 5.74) is 1.13. The van der Waals surface area contributed by atoms with Gasteiger partial charge in [0.15, 0.2) is 0 Å². The third kappa shape index (κ3) is 3.40. The summed E-state index contributed by atoms with van der Waals surface area (Å²) in [7, 11) is 0. The lowest BCUT2D eigenvalue weighted by Crippen LogP contribution is -2.24. The fraction of sp³-hybridized carbons (Fsp3) is 0.588. The van der Waals surface area contributed by atoms with Crippen LogP contribution in [-0.4, -0.2) is 18.7 Å². The van der Waals surface area contributed by atoms with Gasteiger partial charge in [-0.25, -0.2) is 0 Å². The highest BCUT2D eigenvalue weighted by atomic mass is 16.5. The standard InChI is InChI=1S/C17H22O3/c18-17(20-16-11-14-6-7-15(16)10-14)8-9-19-12-13-4-2-1-3-5-13/h1-5,14-16H,6-12H2. The van der Waals surface area contributed by atoms with Crippen molar-refractivity contribution in [2.75, 3.05) is 6.61 Å². The molecule has 3 atom stereocenters. The maximum atomic E-state index is 11.8. The van der Waals surface area contributed by atoms with Crippen LogP contribution in [0.25, 0.3) is 0 Å². The van der Waals surface area contributed by atoms with E-state index in [1.165, 1.54) is 19.3 Å². The molecule has 0 heterocycles. The van der Waals surface area contributed by atoms with Crippen molar-refractivity contribution in [1.82, 2.24) is 0 Å². The van der Waals surface area contributed by atoms with Crippen molar-refractivity contribution in [3.8, 4) is 0 Å². The summed E-state index contributed by atoms with van der Waals surface area (Å²) < 4.78 is 11.1. The average molecular weight is 274 g/mol. The van der Waals surface area contributed by atoms with Gasteiger partial charge in [-0.1, -0.05) is 30.3 Å². The maximum Gasteiger partial charge on any atom is 0.308 e. The lowest BCUT2D eigenvalue weighted by atomic mass is 9.98. The Labute approximate surface area is 120 Å². The van der Waals surface area contributed by atoms with Gasteiger partial charge in [0.05, 0.1) is 19.6 Å². The Balaban J connectivity index is 1.32. The molecule has 3 unspecified atom stereocenters. The van der Waals surface area contributed by atoms with Crippen LogP contribution in [0.5, 0.6) is 0 Å². The van der Waals surface area contributed by atoms with E-state index < -0.39 is 0 Å². The second-order valence-corrected chi connectivity index (χ2v) is 5.99. The summed E-state index contributed by atoms with van der Waals surface area (Å²) in [6, 6.07) is 10.0. The average Bonchev–Trinajstić information content (AvgIpc) is 3.07. The van der Waals surface area contributed by atoms with Crippen LogP contribution in [0.3, 0.4) is 0 Å². The van der Waals surface area contributed by atoms with E-state index in [1.807, 2.05) is 30.3 Å². The molecular weight excluding hydrogens is 252 g/mol. The normalized spacial score (nSPS) is 27.7. The molecule has 2 saturated carbocycles. The van der Waals surface area contributed by atoms with Crippen LogP contribution in [0.2, 0.25) is 0 Å². The fourth-order valence-corrected chi connectivity index (χ4v) is 3.48. The zero-order chi connectivity index (χ0) is 13.8. The molecule has 3 heteroatoms. The largest absolute Gasteiger partial charge is 0.462 e. The van der Waals surface area contributed by atoms with Gasteiger partial charge in [-0.05, 0) is 43.1 Å². The lowest BCUT2D eigenvalue weighted by Gasteiger charge is -2.21. The van der Waals surface area contributed by atoms with E-state index in [0.717, 1.165) is 17.9 Å². The third-order valence-corrected chi connectivity index (χ3v) is 4.52. The van der Waals surface area contributed by atoms with Gasteiger partial charge in [0.25, 0.3) is 0 Å². The molecule has 2 bridgehead atoms. The number of esters is 1. The summed E-state index contributed by atoms with van der Waals surface area (Å²) in [5, 5.41) is 0. The highest BCUT2D eigenvalue weighted by Gasteiger charge is 2.41. The first-order valence-electron chi connectivity index (χ1n) is 7.62. The van der Waals surface area contributed by atoms with E-state index in [9.17, 15) is 4.79 Å². The summed E-state index contributed by atoms with van der Waals surface area (Å²) in [6.07, 6.45) is 5.48. The first-order valence-corrected chi connectivity index (χ1v) is 7.62. The van der Waals surface area contributed by atoms with Crippen molar-refractivity contribution >= 4 is 5.97 Å². The number of ether oxygens (including phenoxy) is 2. The molecule has 2 fully saturated rings. The zero-order valence-corrected chi connectivity index (χ0v) is 11.8. The first-order chi connectivity index (χ1) is 9.81. The minimum absolute atomic E-state index is 0.101. The van der Waals surface area contributed by atoms with E-state index in [-0.39, 0.29) is 12.1 Å². The van der Waals surface area contributed by atoms with Gasteiger partial charge in [-0.2, -0.15) is 0 Å². The predicted molar refractivity (Wildman–Crippen MR) is 76.0 cm³/mol. The van der Waals surface area contributed by atoms with Gasteiger partial charge in [-0.15, -0.1) is 0 Å². The van der Waals surface area contributed by atoms with Crippen LogP contribution in [0, 0.1) is 11.8 Å². The molecule has 0 saturated heterocycles. The Morgan fingerprint density at radius 1 is 1.15 bits per heavy atom. The second-order valence-electron chi connectivity index (χ2n) is 5.99. The number of benzene rings is 1. The van der Waals surface area contributed by atoms with Crippen molar-refractivity contribution in [3.63, 3.8) is 0 Å². The molecule has 0 radical (unpaired) electrons. The maximum absolute atomic E-state index is 11.8. The molecule has 0 N–H and O–H groups in total. The van der Waals surface area contributed by atoms with Crippen LogP contribution in [-0.2, 0) is 20.9 Å². The second kappa shape index (κ2) is 6.40. The molecule has 0 amide bonds. The predicted octanol–water partition coefficient (Wildman–Crippen LogP) is 3.33. The minimum Gasteiger partial charge on any atom is -0.462 e. The van der Waals surface area contributed by atoms with E-state index >= 15 is 0 Å². The van der Waals surface area contributed by atoms with Gasteiger partial charge in [0.2, 0.25) is 0 Å². The number of carbonyl (C=O) groups is 1. The fourth-order valence-electron chi connectivity index (χ4n) is 3.48. The minimum atomic E-state index is -0.101. The Bertz CT molecular complexity index is 443. The quantitative estimate of drug-likeness (QED) is 0.589. The van der Waals surface area contributed by atoms with Gasteiger partial charge in [0.1, 0.15) is 6.10 Å². The Morgan fingerprint density at radius 2 is 2.00 bits per heavy atom. The van der Waals surface area contributed by atoms with Gasteiger partial charge in [-0.3, -0.25) is 4.79 Å². The lowest BCUT2D eigenvalue weighted by molar-refractivity contribution is -0.152. The number of hydrogen-bond acceptors (Lipinski definition) is 3. The van der Waals surface area contributed by atoms with Crippen LogP contribution in [0.4, 0.5) is 0 Å². The van der Waals surface area contributed by atoms with Crippen LogP contribution in [0.1, 0.15) is 37.7 Å². The molecule has 0 aliphatic heterocycles. The molecule has 108 valence electrons. The van der Waals surface area contributed by atoms with Crippen molar-refractivity contribution in [2.45, 2.75) is 44.8 Å². The monoisotopic (exact) mass is 274 g/mol. The SMILES string of the molecule is O=C(CCOCc1ccccc1)OC1CC2CCC1C2. The zero-order valence-electron chi connectivity index (χ0n) is 11.8. The molecule has 1 aromatic rings. The molecule has 2 aliphatic carbocycles. The summed E-state index contributed by atoms with van der Waals surface area (Å²) in [5.74, 6) is 1.34. The Kier molecular flexibility index (Phi) is 4.36. The Morgan fingerprint density at radius 3 is 2.70 bits per heavy atom. The smallest absolute Gasteiger partial charge is 0.308 e. The first kappa shape index (κ1) is 13.6. The van der Waals surface area contributed by atoms with E-state index in [2.05, 4.69) is 0 Å². The van der Waals surface area contributed by atoms with Gasteiger partial charge >= 0.3 is 5.97 Å². The highest BCUT2D eigenvalue weighted by molar-refractivity contribution is 5.69. The topological polar surface area (TPSA) is 35.5 Å². The van der Waals surface area contributed by atoms with Crippen molar-refractivity contribution in [3.05, 3.63) is 35.9 Å². The van der Waals surface area contributed by atoms with Crippen LogP contribution >= 0.6 is 0 Å². The molecule has 20 heavy (non-hydrogen) atoms. The van der Waals surface area contributed by atoms with Crippen molar-refractivity contribution < 1.29 is 14.3 Å².